The van der Waals surface area contributed by atoms with Crippen LogP contribution in [0.1, 0.15) is 24.2 Å². The van der Waals surface area contributed by atoms with Crippen molar-refractivity contribution >= 4 is 11.6 Å². The molecule has 2 aromatic carbocycles. The van der Waals surface area contributed by atoms with E-state index < -0.39 is 6.10 Å². The lowest BCUT2D eigenvalue weighted by atomic mass is 10.0. The predicted octanol–water partition coefficient (Wildman–Crippen LogP) is 3.55. The summed E-state index contributed by atoms with van der Waals surface area (Å²) in [6, 6.07) is 17.4. The predicted molar refractivity (Wildman–Crippen MR) is 79.2 cm³/mol. The highest BCUT2D eigenvalue weighted by Crippen LogP contribution is 2.16. The highest BCUT2D eigenvalue weighted by molar-refractivity contribution is 6.30. The Hall–Kier alpha value is -1.35. The molecule has 0 spiro atoms. The monoisotopic (exact) mass is 275 g/mol. The van der Waals surface area contributed by atoms with Crippen LogP contribution in [0.5, 0.6) is 0 Å². The molecule has 0 aliphatic rings. The largest absolute Gasteiger partial charge is 0.387 e. The molecule has 2 rings (SSSR count). The van der Waals surface area contributed by atoms with Gasteiger partial charge in [-0.3, -0.25) is 0 Å². The van der Waals surface area contributed by atoms with Gasteiger partial charge in [-0.15, -0.1) is 0 Å². The molecule has 2 nitrogen and oxygen atoms in total. The number of hydrogen-bond acceptors (Lipinski definition) is 2. The van der Waals surface area contributed by atoms with Crippen LogP contribution in [0.2, 0.25) is 5.02 Å². The van der Waals surface area contributed by atoms with E-state index in [0.717, 1.165) is 16.1 Å². The van der Waals surface area contributed by atoms with Crippen molar-refractivity contribution in [1.82, 2.24) is 5.32 Å². The number of halogens is 1. The summed E-state index contributed by atoms with van der Waals surface area (Å²) in [6.07, 6.45) is -0.506. The van der Waals surface area contributed by atoms with E-state index >= 15 is 0 Å². The van der Waals surface area contributed by atoms with Gasteiger partial charge in [0, 0.05) is 17.6 Å². The van der Waals surface area contributed by atoms with E-state index in [4.69, 9.17) is 11.6 Å². The summed E-state index contributed by atoms with van der Waals surface area (Å²) in [5, 5.41) is 14.3. The lowest BCUT2D eigenvalue weighted by Crippen LogP contribution is -2.31. The van der Waals surface area contributed by atoms with E-state index in [-0.39, 0.29) is 6.04 Å². The van der Waals surface area contributed by atoms with Crippen LogP contribution in [0, 0.1) is 0 Å². The molecule has 0 unspecified atom stereocenters. The molecule has 0 fully saturated rings. The molecule has 0 saturated heterocycles. The molecular weight excluding hydrogens is 258 g/mol. The average Bonchev–Trinajstić information content (AvgIpc) is 2.46. The van der Waals surface area contributed by atoms with Crippen LogP contribution in [0.25, 0.3) is 0 Å². The number of nitrogens with one attached hydrogen (secondary N) is 1. The maximum Gasteiger partial charge on any atom is 0.0940 e. The van der Waals surface area contributed by atoms with Crippen LogP contribution in [0.4, 0.5) is 0 Å². The minimum Gasteiger partial charge on any atom is -0.387 e. The van der Waals surface area contributed by atoms with Gasteiger partial charge in [0.25, 0.3) is 0 Å². The zero-order chi connectivity index (χ0) is 13.7. The summed E-state index contributed by atoms with van der Waals surface area (Å²) in [5.74, 6) is 0. The van der Waals surface area contributed by atoms with Crippen molar-refractivity contribution in [2.75, 3.05) is 0 Å². The molecule has 0 bridgehead atoms. The van der Waals surface area contributed by atoms with Crippen molar-refractivity contribution in [1.29, 1.82) is 0 Å². The van der Waals surface area contributed by atoms with E-state index in [9.17, 15) is 5.11 Å². The summed E-state index contributed by atoms with van der Waals surface area (Å²) in [7, 11) is 0. The van der Waals surface area contributed by atoms with Crippen molar-refractivity contribution in [3.8, 4) is 0 Å². The first-order chi connectivity index (χ1) is 9.16. The van der Waals surface area contributed by atoms with Crippen molar-refractivity contribution in [3.63, 3.8) is 0 Å². The standard InChI is InChI=1S/C16H18ClNO/c1-12(16(19)14-5-3-2-4-6-14)18-11-13-7-9-15(17)10-8-13/h2-10,12,16,18-19H,11H2,1H3/t12-,16+/m1/s1. The fourth-order valence-corrected chi connectivity index (χ4v) is 2.06. The van der Waals surface area contributed by atoms with Gasteiger partial charge in [-0.2, -0.15) is 0 Å². The SMILES string of the molecule is C[C@@H](NCc1ccc(Cl)cc1)[C@H](O)c1ccccc1. The number of hydrogen-bond donors (Lipinski definition) is 2. The second-order valence-electron chi connectivity index (χ2n) is 4.65. The Kier molecular flexibility index (Phi) is 4.97. The highest BCUT2D eigenvalue weighted by Gasteiger charge is 2.15. The van der Waals surface area contributed by atoms with Gasteiger partial charge in [-0.05, 0) is 30.2 Å². The maximum absolute atomic E-state index is 10.2. The Balaban J connectivity index is 1.90. The van der Waals surface area contributed by atoms with Gasteiger partial charge in [0.1, 0.15) is 0 Å². The van der Waals surface area contributed by atoms with Crippen molar-refractivity contribution in [2.45, 2.75) is 25.6 Å². The van der Waals surface area contributed by atoms with Crippen molar-refractivity contribution in [2.24, 2.45) is 0 Å². The first-order valence-electron chi connectivity index (χ1n) is 6.37. The Morgan fingerprint density at radius 3 is 2.32 bits per heavy atom. The molecule has 2 aromatic rings. The van der Waals surface area contributed by atoms with Gasteiger partial charge in [0.15, 0.2) is 0 Å². The number of aliphatic hydroxyl groups excluding tert-OH is 1. The van der Waals surface area contributed by atoms with Gasteiger partial charge < -0.3 is 10.4 Å². The van der Waals surface area contributed by atoms with Crippen LogP contribution in [-0.2, 0) is 6.54 Å². The van der Waals surface area contributed by atoms with E-state index in [1.165, 1.54) is 0 Å². The van der Waals surface area contributed by atoms with Gasteiger partial charge in [0.05, 0.1) is 6.10 Å². The number of rotatable bonds is 5. The summed E-state index contributed by atoms with van der Waals surface area (Å²) in [4.78, 5) is 0. The molecule has 100 valence electrons. The third-order valence-electron chi connectivity index (χ3n) is 3.16. The Bertz CT molecular complexity index is 498. The first-order valence-corrected chi connectivity index (χ1v) is 6.75. The molecule has 2 N–H and O–H groups in total. The van der Waals surface area contributed by atoms with E-state index in [1.54, 1.807) is 0 Å². The molecule has 0 heterocycles. The number of benzene rings is 2. The molecule has 0 aromatic heterocycles. The Labute approximate surface area is 119 Å². The quantitative estimate of drug-likeness (QED) is 0.875. The minimum atomic E-state index is -0.506. The lowest BCUT2D eigenvalue weighted by Gasteiger charge is -2.20. The van der Waals surface area contributed by atoms with Crippen LogP contribution in [0.3, 0.4) is 0 Å². The molecule has 19 heavy (non-hydrogen) atoms. The topological polar surface area (TPSA) is 32.3 Å². The van der Waals surface area contributed by atoms with E-state index in [0.29, 0.717) is 6.54 Å². The summed E-state index contributed by atoms with van der Waals surface area (Å²) in [5.41, 5.74) is 2.08. The van der Waals surface area contributed by atoms with E-state index in [1.807, 2.05) is 61.5 Å². The summed E-state index contributed by atoms with van der Waals surface area (Å²) in [6.45, 7) is 2.69. The van der Waals surface area contributed by atoms with Gasteiger partial charge in [0.2, 0.25) is 0 Å². The second kappa shape index (κ2) is 6.71. The normalized spacial score (nSPS) is 14.1. The van der Waals surface area contributed by atoms with Crippen molar-refractivity contribution in [3.05, 3.63) is 70.7 Å². The smallest absolute Gasteiger partial charge is 0.0940 e. The molecule has 0 saturated carbocycles. The van der Waals surface area contributed by atoms with Crippen LogP contribution in [0.15, 0.2) is 54.6 Å². The molecular formula is C16H18ClNO. The molecule has 2 atom stereocenters. The maximum atomic E-state index is 10.2. The fourth-order valence-electron chi connectivity index (χ4n) is 1.93. The fraction of sp³-hybridized carbons (Fsp3) is 0.250. The first kappa shape index (κ1) is 14.1. The van der Waals surface area contributed by atoms with Crippen LogP contribution in [-0.4, -0.2) is 11.1 Å². The molecule has 0 aliphatic carbocycles. The van der Waals surface area contributed by atoms with Crippen molar-refractivity contribution < 1.29 is 5.11 Å². The zero-order valence-corrected chi connectivity index (χ0v) is 11.6. The molecule has 3 heteroatoms. The van der Waals surface area contributed by atoms with Gasteiger partial charge >= 0.3 is 0 Å². The molecule has 0 radical (unpaired) electrons. The third kappa shape index (κ3) is 4.06. The highest BCUT2D eigenvalue weighted by atomic mass is 35.5. The lowest BCUT2D eigenvalue weighted by molar-refractivity contribution is 0.135. The van der Waals surface area contributed by atoms with Gasteiger partial charge in [-0.25, -0.2) is 0 Å². The Morgan fingerprint density at radius 2 is 1.68 bits per heavy atom. The third-order valence-corrected chi connectivity index (χ3v) is 3.41. The summed E-state index contributed by atoms with van der Waals surface area (Å²) >= 11 is 5.84. The zero-order valence-electron chi connectivity index (χ0n) is 10.9. The average molecular weight is 276 g/mol. The Morgan fingerprint density at radius 1 is 1.05 bits per heavy atom. The summed E-state index contributed by atoms with van der Waals surface area (Å²) < 4.78 is 0. The van der Waals surface area contributed by atoms with E-state index in [2.05, 4.69) is 5.32 Å². The molecule has 0 amide bonds. The number of aliphatic hydroxyl groups is 1. The second-order valence-corrected chi connectivity index (χ2v) is 5.09. The van der Waals surface area contributed by atoms with Crippen LogP contribution < -0.4 is 5.32 Å². The minimum absolute atomic E-state index is 0.0157. The van der Waals surface area contributed by atoms with Crippen LogP contribution >= 0.6 is 11.6 Å². The van der Waals surface area contributed by atoms with Gasteiger partial charge in [-0.1, -0.05) is 54.1 Å². The molecule has 0 aliphatic heterocycles.